The fourth-order valence-corrected chi connectivity index (χ4v) is 2.89. The number of amides is 1. The van der Waals surface area contributed by atoms with Crippen LogP contribution >= 0.6 is 0 Å². The van der Waals surface area contributed by atoms with Gasteiger partial charge in [0.2, 0.25) is 0 Å². The van der Waals surface area contributed by atoms with Gasteiger partial charge in [-0.15, -0.1) is 0 Å². The lowest BCUT2D eigenvalue weighted by Gasteiger charge is -2.35. The fourth-order valence-electron chi connectivity index (χ4n) is 2.89. The van der Waals surface area contributed by atoms with Gasteiger partial charge in [0.05, 0.1) is 13.2 Å². The summed E-state index contributed by atoms with van der Waals surface area (Å²) >= 11 is 0. The molecule has 2 aromatic carbocycles. The highest BCUT2D eigenvalue weighted by Gasteiger charge is 2.45. The molecule has 0 spiro atoms. The molecule has 5 nitrogen and oxygen atoms in total. The number of benzene rings is 2. The molecule has 144 valence electrons. The van der Waals surface area contributed by atoms with E-state index in [9.17, 15) is 18.7 Å². The van der Waals surface area contributed by atoms with Crippen molar-refractivity contribution in [3.05, 3.63) is 54.1 Å². The maximum Gasteiger partial charge on any atom is 0.290 e. The van der Waals surface area contributed by atoms with Crippen LogP contribution in [-0.2, 0) is 0 Å². The number of rotatable bonds is 5. The van der Waals surface area contributed by atoms with E-state index in [0.29, 0.717) is 23.9 Å². The Hall–Kier alpha value is -2.67. The molecular formula is C20H21F2NO4. The van der Waals surface area contributed by atoms with Gasteiger partial charge in [0.1, 0.15) is 11.9 Å². The third-order valence-electron chi connectivity index (χ3n) is 4.33. The van der Waals surface area contributed by atoms with E-state index in [1.807, 2.05) is 19.1 Å². The minimum Gasteiger partial charge on any atom is -0.490 e. The number of carbonyl (C=O) groups excluding carboxylic acids is 1. The number of hydrogen-bond donors (Lipinski definition) is 1. The molecule has 0 aromatic heterocycles. The molecule has 0 aliphatic carbocycles. The van der Waals surface area contributed by atoms with E-state index in [1.165, 1.54) is 12.1 Å². The van der Waals surface area contributed by atoms with Crippen LogP contribution in [0.1, 0.15) is 23.7 Å². The first-order valence-corrected chi connectivity index (χ1v) is 8.75. The highest BCUT2D eigenvalue weighted by Crippen LogP contribution is 2.32. The largest absolute Gasteiger partial charge is 0.490 e. The maximum absolute atomic E-state index is 13.7. The minimum absolute atomic E-state index is 0.0928. The predicted octanol–water partition coefficient (Wildman–Crippen LogP) is 3.72. The predicted molar refractivity (Wildman–Crippen MR) is 95.6 cm³/mol. The Morgan fingerprint density at radius 3 is 2.48 bits per heavy atom. The summed E-state index contributed by atoms with van der Waals surface area (Å²) in [4.78, 5) is 13.5. The second kappa shape index (κ2) is 7.92. The number of nitrogens with zero attached hydrogens (tertiary/aromatic N) is 1. The highest BCUT2D eigenvalue weighted by molar-refractivity contribution is 5.94. The van der Waals surface area contributed by atoms with Crippen molar-refractivity contribution in [2.75, 3.05) is 19.7 Å². The van der Waals surface area contributed by atoms with E-state index in [-0.39, 0.29) is 18.5 Å². The Morgan fingerprint density at radius 2 is 1.85 bits per heavy atom. The highest BCUT2D eigenvalue weighted by atomic mass is 19.3. The number of likely N-dealkylation sites (tertiary alicyclic amines) is 1. The molecule has 1 fully saturated rings. The average Bonchev–Trinajstić information content (AvgIpc) is 2.66. The zero-order valence-corrected chi connectivity index (χ0v) is 14.9. The number of halogens is 2. The quantitative estimate of drug-likeness (QED) is 0.863. The molecule has 1 N–H and O–H groups in total. The number of hydrogen-bond acceptors (Lipinski definition) is 4. The van der Waals surface area contributed by atoms with Gasteiger partial charge in [0.15, 0.2) is 11.5 Å². The number of aliphatic hydroxyl groups excluding tert-OH is 1. The lowest BCUT2D eigenvalue weighted by molar-refractivity contribution is -0.142. The number of para-hydroxylation sites is 2. The Kier molecular flexibility index (Phi) is 5.60. The van der Waals surface area contributed by atoms with Crippen LogP contribution in [0.5, 0.6) is 17.2 Å². The standard InChI is InChI=1S/C20H21F2NO4/c1-2-26-16-5-3-4-6-17(16)27-15-9-7-14(8-10-15)19(25)23-12-11-18(24)20(21,22)13-23/h3-10,18,24H,2,11-13H2,1H3. The van der Waals surface area contributed by atoms with Crippen molar-refractivity contribution in [3.8, 4) is 17.2 Å². The molecule has 0 bridgehead atoms. The Labute approximate surface area is 156 Å². The lowest BCUT2D eigenvalue weighted by atomic mass is 10.0. The first kappa shape index (κ1) is 19.1. The van der Waals surface area contributed by atoms with Gasteiger partial charge in [-0.05, 0) is 49.7 Å². The van der Waals surface area contributed by atoms with Crippen molar-refractivity contribution in [1.82, 2.24) is 4.90 Å². The third-order valence-corrected chi connectivity index (χ3v) is 4.33. The second-order valence-corrected chi connectivity index (χ2v) is 6.30. The molecule has 7 heteroatoms. The molecule has 27 heavy (non-hydrogen) atoms. The average molecular weight is 377 g/mol. The first-order valence-electron chi connectivity index (χ1n) is 8.75. The molecule has 1 atom stereocenters. The zero-order chi connectivity index (χ0) is 19.4. The van der Waals surface area contributed by atoms with Crippen molar-refractivity contribution in [2.24, 2.45) is 0 Å². The number of ether oxygens (including phenoxy) is 2. The van der Waals surface area contributed by atoms with Crippen LogP contribution in [-0.4, -0.2) is 47.6 Å². The Morgan fingerprint density at radius 1 is 1.19 bits per heavy atom. The number of carbonyl (C=O) groups is 1. The van der Waals surface area contributed by atoms with E-state index < -0.39 is 24.5 Å². The summed E-state index contributed by atoms with van der Waals surface area (Å²) in [6, 6.07) is 13.5. The van der Waals surface area contributed by atoms with E-state index in [2.05, 4.69) is 0 Å². The van der Waals surface area contributed by atoms with Crippen molar-refractivity contribution in [2.45, 2.75) is 25.4 Å². The zero-order valence-electron chi connectivity index (χ0n) is 14.9. The molecule has 1 aliphatic rings. The van der Waals surface area contributed by atoms with Crippen LogP contribution in [0.25, 0.3) is 0 Å². The van der Waals surface area contributed by atoms with Gasteiger partial charge in [-0.2, -0.15) is 0 Å². The Balaban J connectivity index is 1.70. The van der Waals surface area contributed by atoms with Gasteiger partial charge >= 0.3 is 0 Å². The van der Waals surface area contributed by atoms with Gasteiger partial charge in [0.25, 0.3) is 11.8 Å². The van der Waals surface area contributed by atoms with E-state index >= 15 is 0 Å². The van der Waals surface area contributed by atoms with Crippen molar-refractivity contribution in [3.63, 3.8) is 0 Å². The van der Waals surface area contributed by atoms with Crippen LogP contribution in [0, 0.1) is 0 Å². The van der Waals surface area contributed by atoms with Gasteiger partial charge in [0, 0.05) is 12.1 Å². The summed E-state index contributed by atoms with van der Waals surface area (Å²) in [7, 11) is 0. The molecule has 1 unspecified atom stereocenters. The van der Waals surface area contributed by atoms with Gasteiger partial charge < -0.3 is 19.5 Å². The SMILES string of the molecule is CCOc1ccccc1Oc1ccc(C(=O)N2CCC(O)C(F)(F)C2)cc1. The molecular weight excluding hydrogens is 356 g/mol. The van der Waals surface area contributed by atoms with Crippen LogP contribution < -0.4 is 9.47 Å². The third kappa shape index (κ3) is 4.36. The summed E-state index contributed by atoms with van der Waals surface area (Å²) < 4.78 is 38.6. The molecule has 1 heterocycles. The Bertz CT molecular complexity index is 795. The number of alkyl halides is 2. The first-order chi connectivity index (χ1) is 12.9. The van der Waals surface area contributed by atoms with Crippen LogP contribution in [0.4, 0.5) is 8.78 Å². The lowest BCUT2D eigenvalue weighted by Crippen LogP contribution is -2.53. The number of piperidine rings is 1. The van der Waals surface area contributed by atoms with Crippen LogP contribution in [0.15, 0.2) is 48.5 Å². The fraction of sp³-hybridized carbons (Fsp3) is 0.350. The molecule has 0 saturated carbocycles. The van der Waals surface area contributed by atoms with Gasteiger partial charge in [-0.1, -0.05) is 12.1 Å². The monoisotopic (exact) mass is 377 g/mol. The molecule has 1 amide bonds. The van der Waals surface area contributed by atoms with Crippen LogP contribution in [0.2, 0.25) is 0 Å². The summed E-state index contributed by atoms with van der Waals surface area (Å²) in [5, 5.41) is 9.33. The minimum atomic E-state index is -3.29. The molecule has 1 saturated heterocycles. The topological polar surface area (TPSA) is 59.0 Å². The molecule has 2 aromatic rings. The summed E-state index contributed by atoms with van der Waals surface area (Å²) in [5.74, 6) is -2.14. The van der Waals surface area contributed by atoms with E-state index in [0.717, 1.165) is 4.90 Å². The number of aliphatic hydroxyl groups is 1. The maximum atomic E-state index is 13.7. The molecule has 0 radical (unpaired) electrons. The molecule has 3 rings (SSSR count). The van der Waals surface area contributed by atoms with Crippen LogP contribution in [0.3, 0.4) is 0 Å². The second-order valence-electron chi connectivity index (χ2n) is 6.30. The summed E-state index contributed by atoms with van der Waals surface area (Å²) in [6.45, 7) is 1.69. The van der Waals surface area contributed by atoms with Crippen molar-refractivity contribution >= 4 is 5.91 Å². The van der Waals surface area contributed by atoms with Crippen molar-refractivity contribution in [1.29, 1.82) is 0 Å². The summed E-state index contributed by atoms with van der Waals surface area (Å²) in [6.07, 6.45) is -1.85. The van der Waals surface area contributed by atoms with Crippen molar-refractivity contribution < 1.29 is 28.2 Å². The van der Waals surface area contributed by atoms with E-state index in [1.54, 1.807) is 24.3 Å². The van der Waals surface area contributed by atoms with E-state index in [4.69, 9.17) is 9.47 Å². The normalized spacial score (nSPS) is 18.8. The molecule has 1 aliphatic heterocycles. The van der Waals surface area contributed by atoms with Gasteiger partial charge in [-0.25, -0.2) is 8.78 Å². The smallest absolute Gasteiger partial charge is 0.290 e. The summed E-state index contributed by atoms with van der Waals surface area (Å²) in [5.41, 5.74) is 0.285. The van der Waals surface area contributed by atoms with Gasteiger partial charge in [-0.3, -0.25) is 4.79 Å².